The zero-order valence-corrected chi connectivity index (χ0v) is 25.4. The van der Waals surface area contributed by atoms with E-state index in [4.69, 9.17) is 0 Å². The Morgan fingerprint density at radius 1 is 0.750 bits per heavy atom. The summed E-state index contributed by atoms with van der Waals surface area (Å²) in [5, 5.41) is 0. The van der Waals surface area contributed by atoms with Gasteiger partial charge in [0.25, 0.3) is 0 Å². The van der Waals surface area contributed by atoms with Gasteiger partial charge < -0.3 is 0 Å². The zero-order chi connectivity index (χ0) is 25.3. The maximum Gasteiger partial charge on any atom is -0.00180 e. The van der Waals surface area contributed by atoms with Crippen molar-refractivity contribution in [1.29, 1.82) is 0 Å². The van der Waals surface area contributed by atoms with E-state index in [0.29, 0.717) is 17.3 Å². The number of benzene rings is 2. The van der Waals surface area contributed by atoms with Gasteiger partial charge in [0.2, 0.25) is 0 Å². The molecule has 0 radical (unpaired) electrons. The van der Waals surface area contributed by atoms with Gasteiger partial charge in [0.05, 0.1) is 0 Å². The molecule has 3 rings (SSSR count). The second-order valence-electron chi connectivity index (χ2n) is 8.41. The van der Waals surface area contributed by atoms with Crippen LogP contribution < -0.4 is 0 Å². The van der Waals surface area contributed by atoms with Crippen molar-refractivity contribution in [3.05, 3.63) is 70.8 Å². The van der Waals surface area contributed by atoms with Crippen LogP contribution in [-0.4, -0.2) is 13.3 Å². The quantitative estimate of drug-likeness (QED) is 0.387. The van der Waals surface area contributed by atoms with E-state index >= 15 is 0 Å². The molecule has 2 heteroatoms. The van der Waals surface area contributed by atoms with Gasteiger partial charge in [0, 0.05) is 0 Å². The monoisotopic (exact) mass is 476 g/mol. The van der Waals surface area contributed by atoms with E-state index in [1.807, 2.05) is 41.0 Å². The summed E-state index contributed by atoms with van der Waals surface area (Å²) >= 11 is 0. The second-order valence-corrected chi connectivity index (χ2v) is 8.41. The Hall–Kier alpha value is -0.700. The minimum Gasteiger partial charge on any atom is -0.141 e. The second kappa shape index (κ2) is 18.7. The number of rotatable bonds is 3. The molecular formula is C30H54P2. The summed E-state index contributed by atoms with van der Waals surface area (Å²) in [5.41, 5.74) is 6.11. The normalized spacial score (nSPS) is 21.3. The van der Waals surface area contributed by atoms with Crippen molar-refractivity contribution in [2.24, 2.45) is 11.8 Å². The lowest BCUT2D eigenvalue weighted by atomic mass is 9.57. The Bertz CT molecular complexity index is 673. The molecule has 32 heavy (non-hydrogen) atoms. The lowest BCUT2D eigenvalue weighted by molar-refractivity contribution is 0.158. The van der Waals surface area contributed by atoms with Crippen LogP contribution in [0.1, 0.15) is 95.9 Å². The van der Waals surface area contributed by atoms with E-state index in [9.17, 15) is 0 Å². The molecule has 0 aromatic heterocycles. The van der Waals surface area contributed by atoms with Crippen molar-refractivity contribution in [3.8, 4) is 0 Å². The highest BCUT2D eigenvalue weighted by atomic mass is 31.0. The molecule has 5 atom stereocenters. The topological polar surface area (TPSA) is 0 Å². The highest BCUT2D eigenvalue weighted by Crippen LogP contribution is 2.52. The Labute approximate surface area is 207 Å². The van der Waals surface area contributed by atoms with Crippen LogP contribution in [0.5, 0.6) is 0 Å². The van der Waals surface area contributed by atoms with Gasteiger partial charge in [-0.1, -0.05) is 121 Å². The SMILES string of the molecule is CC.CC.CP.CP.Cc1ccc(C2CC(c3ccc(C)cc3)(C(C)C)CCC2C)cc1. The van der Waals surface area contributed by atoms with Gasteiger partial charge in [-0.3, -0.25) is 0 Å². The van der Waals surface area contributed by atoms with Gasteiger partial charge in [-0.15, -0.1) is 18.5 Å². The van der Waals surface area contributed by atoms with Crippen molar-refractivity contribution in [2.45, 2.75) is 92.9 Å². The average molecular weight is 477 g/mol. The third kappa shape index (κ3) is 9.27. The fourth-order valence-corrected chi connectivity index (χ4v) is 4.65. The van der Waals surface area contributed by atoms with Crippen LogP contribution >= 0.6 is 18.5 Å². The van der Waals surface area contributed by atoms with Gasteiger partial charge >= 0.3 is 0 Å². The molecule has 1 fully saturated rings. The number of aryl methyl sites for hydroxylation is 2. The Kier molecular flexibility index (Phi) is 19.6. The van der Waals surface area contributed by atoms with Crippen LogP contribution in [0, 0.1) is 25.7 Å². The molecule has 0 N–H and O–H groups in total. The molecule has 184 valence electrons. The highest BCUT2D eigenvalue weighted by Gasteiger charge is 2.43. The molecule has 2 aromatic rings. The minimum atomic E-state index is 0.315. The van der Waals surface area contributed by atoms with E-state index in [1.54, 1.807) is 5.56 Å². The van der Waals surface area contributed by atoms with Crippen LogP contribution in [0.25, 0.3) is 0 Å². The van der Waals surface area contributed by atoms with Crippen LogP contribution in [0.2, 0.25) is 0 Å². The Balaban J connectivity index is 0. The maximum atomic E-state index is 2.45. The molecule has 0 aliphatic heterocycles. The lowest BCUT2D eigenvalue weighted by Gasteiger charge is -2.47. The van der Waals surface area contributed by atoms with E-state index in [1.165, 1.54) is 36.0 Å². The fraction of sp³-hybridized carbons (Fsp3) is 0.600. The summed E-state index contributed by atoms with van der Waals surface area (Å²) in [6, 6.07) is 18.6. The smallest absolute Gasteiger partial charge is 0.00180 e. The van der Waals surface area contributed by atoms with Crippen LogP contribution in [-0.2, 0) is 5.41 Å². The number of hydrogen-bond acceptors (Lipinski definition) is 0. The van der Waals surface area contributed by atoms with E-state index in [2.05, 4.69) is 102 Å². The van der Waals surface area contributed by atoms with Gasteiger partial charge in [-0.05, 0) is 67.4 Å². The Morgan fingerprint density at radius 3 is 1.56 bits per heavy atom. The summed E-state index contributed by atoms with van der Waals surface area (Å²) in [6.07, 6.45) is 3.92. The molecule has 5 unspecified atom stereocenters. The third-order valence-electron chi connectivity index (χ3n) is 6.55. The summed E-state index contributed by atoms with van der Waals surface area (Å²) in [7, 11) is 4.83. The number of hydrogen-bond donors (Lipinski definition) is 0. The van der Waals surface area contributed by atoms with Crippen LogP contribution in [0.4, 0.5) is 0 Å². The van der Waals surface area contributed by atoms with Crippen molar-refractivity contribution in [2.75, 3.05) is 13.3 Å². The summed E-state index contributed by atoms with van der Waals surface area (Å²) in [6.45, 7) is 23.5. The fourth-order valence-electron chi connectivity index (χ4n) is 4.65. The summed E-state index contributed by atoms with van der Waals surface area (Å²) in [5.74, 6) is 2.11. The first kappa shape index (κ1) is 33.5. The van der Waals surface area contributed by atoms with Crippen molar-refractivity contribution < 1.29 is 0 Å². The van der Waals surface area contributed by atoms with E-state index < -0.39 is 0 Å². The Morgan fingerprint density at radius 2 is 1.16 bits per heavy atom. The molecule has 0 spiro atoms. The van der Waals surface area contributed by atoms with Gasteiger partial charge in [0.1, 0.15) is 0 Å². The van der Waals surface area contributed by atoms with Crippen molar-refractivity contribution in [3.63, 3.8) is 0 Å². The predicted octanol–water partition coefficient (Wildman–Crippen LogP) is 9.84. The highest BCUT2D eigenvalue weighted by molar-refractivity contribution is 7.15. The predicted molar refractivity (Wildman–Crippen MR) is 159 cm³/mol. The first-order valence-electron chi connectivity index (χ1n) is 12.7. The first-order valence-corrected chi connectivity index (χ1v) is 15.0. The largest absolute Gasteiger partial charge is 0.141 e. The van der Waals surface area contributed by atoms with Gasteiger partial charge in [-0.25, -0.2) is 0 Å². The standard InChI is InChI=1S/C24H32.2C2H6.2CH5P/c1-17(2)24(22-12-8-19(4)9-13-22)15-14-20(5)23(16-24)21-10-6-18(3)7-11-21;4*1-2/h6-13,17,20,23H,14-16H2,1-5H3;2*1-2H3;2*2H2,1H3. The molecule has 1 aliphatic carbocycles. The summed E-state index contributed by atoms with van der Waals surface area (Å²) in [4.78, 5) is 0. The minimum absolute atomic E-state index is 0.315. The molecule has 0 nitrogen and oxygen atoms in total. The van der Waals surface area contributed by atoms with E-state index in [0.717, 1.165) is 5.92 Å². The molecule has 1 saturated carbocycles. The van der Waals surface area contributed by atoms with Gasteiger partial charge in [0.15, 0.2) is 0 Å². The van der Waals surface area contributed by atoms with Crippen LogP contribution in [0.15, 0.2) is 48.5 Å². The molecule has 1 aliphatic rings. The zero-order valence-electron chi connectivity index (χ0n) is 23.1. The molecule has 0 saturated heterocycles. The van der Waals surface area contributed by atoms with Crippen LogP contribution in [0.3, 0.4) is 0 Å². The summed E-state index contributed by atoms with van der Waals surface area (Å²) < 4.78 is 0. The molecule has 0 bridgehead atoms. The first-order chi connectivity index (χ1) is 15.4. The van der Waals surface area contributed by atoms with Gasteiger partial charge in [-0.2, -0.15) is 0 Å². The molecule has 0 amide bonds. The third-order valence-corrected chi connectivity index (χ3v) is 6.55. The average Bonchev–Trinajstić information content (AvgIpc) is 2.86. The molecule has 0 heterocycles. The maximum absolute atomic E-state index is 2.45. The lowest BCUT2D eigenvalue weighted by Crippen LogP contribution is -2.39. The van der Waals surface area contributed by atoms with E-state index in [-0.39, 0.29) is 0 Å². The molecular weight excluding hydrogens is 422 g/mol. The molecule has 2 aromatic carbocycles. The van der Waals surface area contributed by atoms with Crippen molar-refractivity contribution in [1.82, 2.24) is 0 Å². The van der Waals surface area contributed by atoms with Crippen molar-refractivity contribution >= 4 is 18.5 Å².